The zero-order chi connectivity index (χ0) is 11.4. The van der Waals surface area contributed by atoms with Crippen molar-refractivity contribution in [2.75, 3.05) is 0 Å². The van der Waals surface area contributed by atoms with Crippen molar-refractivity contribution in [3.63, 3.8) is 0 Å². The van der Waals surface area contributed by atoms with Gasteiger partial charge in [-0.2, -0.15) is 0 Å². The first-order valence-electron chi connectivity index (χ1n) is 4.69. The maximum absolute atomic E-state index is 11.6. The molecule has 0 fully saturated rings. The largest absolute Gasteiger partial charge is 0.506 e. The number of aromatic hydroxyl groups is 1. The maximum atomic E-state index is 11.6. The summed E-state index contributed by atoms with van der Waals surface area (Å²) in [6.45, 7) is 0.380. The van der Waals surface area contributed by atoms with Gasteiger partial charge in [0, 0.05) is 18.3 Å². The predicted octanol–water partition coefficient (Wildman–Crippen LogP) is 1.31. The lowest BCUT2D eigenvalue weighted by Gasteiger charge is -2.03. The maximum Gasteiger partial charge on any atom is 0.253 e. The standard InChI is InChI=1S/C11H10N2O3/c14-10-3-9(5-12-6-10)11(15)13-4-8-1-2-16-7-8/h1-3,5-7,14H,4H2,(H,13,15). The molecule has 0 atom stereocenters. The van der Waals surface area contributed by atoms with Gasteiger partial charge in [0.1, 0.15) is 5.75 Å². The molecular weight excluding hydrogens is 208 g/mol. The van der Waals surface area contributed by atoms with Crippen LogP contribution in [0.25, 0.3) is 0 Å². The van der Waals surface area contributed by atoms with Crippen molar-refractivity contribution in [2.45, 2.75) is 6.54 Å². The Hall–Kier alpha value is -2.30. The van der Waals surface area contributed by atoms with Gasteiger partial charge in [0.05, 0.1) is 24.3 Å². The first-order valence-corrected chi connectivity index (χ1v) is 4.69. The SMILES string of the molecule is O=C(NCc1ccoc1)c1cncc(O)c1. The summed E-state index contributed by atoms with van der Waals surface area (Å²) in [5, 5.41) is 11.8. The Morgan fingerprint density at radius 2 is 2.38 bits per heavy atom. The molecule has 5 heteroatoms. The summed E-state index contributed by atoms with van der Waals surface area (Å²) in [5.74, 6) is -0.319. The van der Waals surface area contributed by atoms with Crippen LogP contribution >= 0.6 is 0 Å². The van der Waals surface area contributed by atoms with Crippen molar-refractivity contribution in [3.05, 3.63) is 48.2 Å². The fourth-order valence-electron chi connectivity index (χ4n) is 1.23. The van der Waals surface area contributed by atoms with Crippen molar-refractivity contribution in [1.82, 2.24) is 10.3 Å². The van der Waals surface area contributed by atoms with Crippen LogP contribution < -0.4 is 5.32 Å². The second-order valence-electron chi connectivity index (χ2n) is 3.25. The third-order valence-electron chi connectivity index (χ3n) is 2.02. The molecule has 0 saturated heterocycles. The molecule has 2 N–H and O–H groups in total. The molecule has 5 nitrogen and oxygen atoms in total. The molecule has 2 heterocycles. The van der Waals surface area contributed by atoms with Gasteiger partial charge in [-0.15, -0.1) is 0 Å². The zero-order valence-corrected chi connectivity index (χ0v) is 8.38. The monoisotopic (exact) mass is 218 g/mol. The molecule has 82 valence electrons. The van der Waals surface area contributed by atoms with Crippen molar-refractivity contribution < 1.29 is 14.3 Å². The molecule has 16 heavy (non-hydrogen) atoms. The first-order chi connectivity index (χ1) is 7.75. The summed E-state index contributed by atoms with van der Waals surface area (Å²) >= 11 is 0. The highest BCUT2D eigenvalue weighted by molar-refractivity contribution is 5.94. The van der Waals surface area contributed by atoms with Crippen LogP contribution in [-0.4, -0.2) is 16.0 Å². The highest BCUT2D eigenvalue weighted by Crippen LogP contribution is 2.08. The van der Waals surface area contributed by atoms with Crippen LogP contribution in [0.15, 0.2) is 41.5 Å². The average molecular weight is 218 g/mol. The smallest absolute Gasteiger partial charge is 0.253 e. The van der Waals surface area contributed by atoms with Crippen LogP contribution in [-0.2, 0) is 6.54 Å². The third-order valence-corrected chi connectivity index (χ3v) is 2.02. The molecule has 0 radical (unpaired) electrons. The molecule has 0 unspecified atom stereocenters. The van der Waals surface area contributed by atoms with E-state index in [1.165, 1.54) is 24.7 Å². The lowest BCUT2D eigenvalue weighted by molar-refractivity contribution is 0.0950. The molecule has 0 aromatic carbocycles. The second-order valence-corrected chi connectivity index (χ2v) is 3.25. The van der Waals surface area contributed by atoms with E-state index in [-0.39, 0.29) is 11.7 Å². The number of aromatic nitrogens is 1. The molecule has 0 aliphatic rings. The molecule has 1 amide bonds. The third kappa shape index (κ3) is 2.38. The van der Waals surface area contributed by atoms with Crippen LogP contribution in [0.1, 0.15) is 15.9 Å². The number of amides is 1. The number of nitrogens with one attached hydrogen (secondary N) is 1. The summed E-state index contributed by atoms with van der Waals surface area (Å²) in [4.78, 5) is 15.3. The van der Waals surface area contributed by atoms with Gasteiger partial charge in [0.15, 0.2) is 0 Å². The number of carbonyl (C=O) groups excluding carboxylic acids is 1. The molecule has 2 rings (SSSR count). The quantitative estimate of drug-likeness (QED) is 0.814. The van der Waals surface area contributed by atoms with E-state index >= 15 is 0 Å². The lowest BCUT2D eigenvalue weighted by Crippen LogP contribution is -2.22. The Bertz CT molecular complexity index is 480. The number of rotatable bonds is 3. The number of carbonyl (C=O) groups is 1. The number of pyridine rings is 1. The highest BCUT2D eigenvalue weighted by Gasteiger charge is 2.06. The van der Waals surface area contributed by atoms with E-state index in [4.69, 9.17) is 9.52 Å². The molecule has 0 bridgehead atoms. The molecule has 0 spiro atoms. The number of furan rings is 1. The Kier molecular flexibility index (Phi) is 2.86. The minimum Gasteiger partial charge on any atom is -0.506 e. The molecule has 2 aromatic rings. The van der Waals surface area contributed by atoms with Crippen molar-refractivity contribution in [2.24, 2.45) is 0 Å². The summed E-state index contributed by atoms with van der Waals surface area (Å²) in [5.41, 5.74) is 1.20. The van der Waals surface area contributed by atoms with Crippen molar-refractivity contribution in [1.29, 1.82) is 0 Å². The van der Waals surface area contributed by atoms with Gasteiger partial charge in [0.25, 0.3) is 5.91 Å². The van der Waals surface area contributed by atoms with Crippen LogP contribution in [0.3, 0.4) is 0 Å². The molecular formula is C11H10N2O3. The Morgan fingerprint density at radius 1 is 1.50 bits per heavy atom. The zero-order valence-electron chi connectivity index (χ0n) is 8.38. The van der Waals surface area contributed by atoms with Gasteiger partial charge in [-0.05, 0) is 12.1 Å². The number of hydrogen-bond acceptors (Lipinski definition) is 4. The van der Waals surface area contributed by atoms with Gasteiger partial charge in [0.2, 0.25) is 0 Å². The van der Waals surface area contributed by atoms with Gasteiger partial charge in [-0.1, -0.05) is 0 Å². The second kappa shape index (κ2) is 4.48. The fourth-order valence-corrected chi connectivity index (χ4v) is 1.23. The Morgan fingerprint density at radius 3 is 3.06 bits per heavy atom. The van der Waals surface area contributed by atoms with E-state index in [2.05, 4.69) is 10.3 Å². The summed E-state index contributed by atoms with van der Waals surface area (Å²) in [6.07, 6.45) is 5.76. The van der Waals surface area contributed by atoms with E-state index in [0.29, 0.717) is 12.1 Å². The molecule has 0 aliphatic heterocycles. The number of nitrogens with zero attached hydrogens (tertiary/aromatic N) is 1. The van der Waals surface area contributed by atoms with E-state index in [1.54, 1.807) is 12.3 Å². The lowest BCUT2D eigenvalue weighted by atomic mass is 10.2. The van der Waals surface area contributed by atoms with Crippen LogP contribution in [0.2, 0.25) is 0 Å². The normalized spacial score (nSPS) is 10.0. The topological polar surface area (TPSA) is 75.4 Å². The minimum atomic E-state index is -0.287. The fraction of sp³-hybridized carbons (Fsp3) is 0.0909. The van der Waals surface area contributed by atoms with E-state index < -0.39 is 0 Å². The molecule has 2 aromatic heterocycles. The average Bonchev–Trinajstić information content (AvgIpc) is 2.78. The first kappa shape index (κ1) is 10.2. The van der Waals surface area contributed by atoms with Gasteiger partial charge < -0.3 is 14.8 Å². The van der Waals surface area contributed by atoms with Gasteiger partial charge >= 0.3 is 0 Å². The van der Waals surface area contributed by atoms with Crippen molar-refractivity contribution in [3.8, 4) is 5.75 Å². The van der Waals surface area contributed by atoms with Crippen LogP contribution in [0.4, 0.5) is 0 Å². The summed E-state index contributed by atoms with van der Waals surface area (Å²) in [6, 6.07) is 3.12. The van der Waals surface area contributed by atoms with E-state index in [0.717, 1.165) is 5.56 Å². The van der Waals surface area contributed by atoms with Gasteiger partial charge in [-0.25, -0.2) is 0 Å². The Balaban J connectivity index is 1.98. The highest BCUT2D eigenvalue weighted by atomic mass is 16.3. The van der Waals surface area contributed by atoms with Gasteiger partial charge in [-0.3, -0.25) is 9.78 Å². The van der Waals surface area contributed by atoms with E-state index in [1.807, 2.05) is 0 Å². The summed E-state index contributed by atoms with van der Waals surface area (Å²) in [7, 11) is 0. The predicted molar refractivity (Wildman–Crippen MR) is 55.8 cm³/mol. The molecule has 0 aliphatic carbocycles. The molecule has 0 saturated carbocycles. The summed E-state index contributed by atoms with van der Waals surface area (Å²) < 4.78 is 4.87. The van der Waals surface area contributed by atoms with Crippen LogP contribution in [0.5, 0.6) is 5.75 Å². The van der Waals surface area contributed by atoms with Crippen LogP contribution in [0, 0.1) is 0 Å². The van der Waals surface area contributed by atoms with Crippen molar-refractivity contribution >= 4 is 5.91 Å². The minimum absolute atomic E-state index is 0.0315. The van der Waals surface area contributed by atoms with E-state index in [9.17, 15) is 4.79 Å². The number of hydrogen-bond donors (Lipinski definition) is 2. The Labute approximate surface area is 91.7 Å².